The predicted octanol–water partition coefficient (Wildman–Crippen LogP) is 2.10. The van der Waals surface area contributed by atoms with Gasteiger partial charge in [0.15, 0.2) is 10.9 Å². The number of ether oxygens (including phenoxy) is 2. The zero-order valence-corrected chi connectivity index (χ0v) is 12.9. The molecule has 1 aliphatic rings. The highest BCUT2D eigenvalue weighted by Crippen LogP contribution is 2.29. The molecule has 0 aliphatic heterocycles. The summed E-state index contributed by atoms with van der Waals surface area (Å²) in [5, 5.41) is 12.8. The Morgan fingerprint density at radius 1 is 1.30 bits per heavy atom. The lowest BCUT2D eigenvalue weighted by Gasteiger charge is -2.27. The molecule has 7 heteroatoms. The molecule has 20 heavy (non-hydrogen) atoms. The molecule has 1 saturated carbocycles. The molecule has 0 aromatic carbocycles. The van der Waals surface area contributed by atoms with Gasteiger partial charge in [-0.2, -0.15) is 0 Å². The van der Waals surface area contributed by atoms with Crippen LogP contribution < -0.4 is 0 Å². The molecule has 2 rings (SSSR count). The average Bonchev–Trinajstić information content (AvgIpc) is 2.95. The quantitative estimate of drug-likeness (QED) is 0.750. The van der Waals surface area contributed by atoms with Gasteiger partial charge in [-0.15, -0.1) is 5.10 Å². The summed E-state index contributed by atoms with van der Waals surface area (Å²) in [6.45, 7) is 0. The fourth-order valence-corrected chi connectivity index (χ4v) is 2.82. The summed E-state index contributed by atoms with van der Waals surface area (Å²) in [6.07, 6.45) is 7.23. The molecule has 1 fully saturated rings. The van der Waals surface area contributed by atoms with Crippen molar-refractivity contribution in [3.63, 3.8) is 0 Å². The van der Waals surface area contributed by atoms with Gasteiger partial charge in [0.25, 0.3) is 0 Å². The molecule has 0 radical (unpaired) electrons. The first-order valence-corrected chi connectivity index (χ1v) is 7.51. The number of thiocarbonyl (C=S) groups is 1. The van der Waals surface area contributed by atoms with Gasteiger partial charge in [-0.05, 0) is 54.7 Å². The lowest BCUT2D eigenvalue weighted by atomic mass is 9.93. The Balaban J connectivity index is 1.87. The molecule has 1 heterocycles. The number of aromatic nitrogens is 4. The van der Waals surface area contributed by atoms with E-state index in [1.165, 1.54) is 0 Å². The summed E-state index contributed by atoms with van der Waals surface area (Å²) in [4.78, 5) is 0. The first-order chi connectivity index (χ1) is 9.74. The molecular weight excluding hydrogens is 276 g/mol. The van der Waals surface area contributed by atoms with E-state index in [-0.39, 0.29) is 0 Å². The summed E-state index contributed by atoms with van der Waals surface area (Å²) in [5.74, 6) is 0.949. The van der Waals surface area contributed by atoms with Gasteiger partial charge in [-0.1, -0.05) is 0 Å². The molecule has 0 saturated heterocycles. The van der Waals surface area contributed by atoms with Gasteiger partial charge >= 0.3 is 0 Å². The van der Waals surface area contributed by atoms with E-state index in [1.807, 2.05) is 4.68 Å². The fourth-order valence-electron chi connectivity index (χ4n) is 2.68. The highest BCUT2D eigenvalue weighted by Gasteiger charge is 2.24. The normalized spacial score (nSPS) is 22.7. The summed E-state index contributed by atoms with van der Waals surface area (Å²) in [7, 11) is 3.40. The van der Waals surface area contributed by atoms with Gasteiger partial charge in [0, 0.05) is 20.0 Å². The van der Waals surface area contributed by atoms with Gasteiger partial charge in [-0.25, -0.2) is 4.68 Å². The Morgan fingerprint density at radius 2 is 2.05 bits per heavy atom. The first-order valence-electron chi connectivity index (χ1n) is 7.11. The van der Waals surface area contributed by atoms with Gasteiger partial charge < -0.3 is 9.47 Å². The van der Waals surface area contributed by atoms with Crippen molar-refractivity contribution in [1.82, 2.24) is 20.2 Å². The van der Waals surface area contributed by atoms with Crippen molar-refractivity contribution in [2.45, 2.75) is 57.1 Å². The molecule has 0 bridgehead atoms. The lowest BCUT2D eigenvalue weighted by molar-refractivity contribution is 0.0561. The molecule has 1 aromatic heterocycles. The second-order valence-corrected chi connectivity index (χ2v) is 5.59. The zero-order valence-electron chi connectivity index (χ0n) is 12.1. The average molecular weight is 298 g/mol. The van der Waals surface area contributed by atoms with Crippen molar-refractivity contribution < 1.29 is 9.47 Å². The van der Waals surface area contributed by atoms with Crippen LogP contribution in [0.2, 0.25) is 0 Å². The van der Waals surface area contributed by atoms with Crippen LogP contribution in [0.25, 0.3) is 0 Å². The largest absolute Gasteiger partial charge is 0.490 e. The fraction of sp³-hybridized carbons (Fsp3) is 0.846. The molecule has 1 aliphatic carbocycles. The van der Waals surface area contributed by atoms with E-state index in [4.69, 9.17) is 21.7 Å². The second-order valence-electron chi connectivity index (χ2n) is 5.14. The third kappa shape index (κ3) is 3.96. The van der Waals surface area contributed by atoms with E-state index in [0.29, 0.717) is 17.2 Å². The molecule has 6 nitrogen and oxygen atoms in total. The maximum atomic E-state index is 5.40. The molecule has 0 spiro atoms. The number of aryl methyl sites for hydroxylation is 1. The van der Waals surface area contributed by atoms with Crippen molar-refractivity contribution >= 4 is 17.3 Å². The van der Waals surface area contributed by atoms with Crippen LogP contribution in [0.4, 0.5) is 0 Å². The van der Waals surface area contributed by atoms with E-state index in [9.17, 15) is 0 Å². The molecule has 0 atom stereocenters. The van der Waals surface area contributed by atoms with Crippen LogP contribution in [0.3, 0.4) is 0 Å². The van der Waals surface area contributed by atoms with Crippen LogP contribution >= 0.6 is 12.2 Å². The number of hydrogen-bond donors (Lipinski definition) is 0. The summed E-state index contributed by atoms with van der Waals surface area (Å²) < 4.78 is 12.4. The van der Waals surface area contributed by atoms with Crippen molar-refractivity contribution in [2.75, 3.05) is 14.2 Å². The Morgan fingerprint density at radius 3 is 2.70 bits per heavy atom. The first kappa shape index (κ1) is 15.3. The van der Waals surface area contributed by atoms with E-state index >= 15 is 0 Å². The molecule has 0 N–H and O–H groups in total. The summed E-state index contributed by atoms with van der Waals surface area (Å²) in [5.41, 5.74) is 0. The number of nitrogens with zero attached hydrogens (tertiary/aromatic N) is 4. The van der Waals surface area contributed by atoms with Crippen LogP contribution in [-0.2, 0) is 15.9 Å². The molecule has 1 aromatic rings. The predicted molar refractivity (Wildman–Crippen MR) is 78.7 cm³/mol. The minimum Gasteiger partial charge on any atom is -0.490 e. The Kier molecular flexibility index (Phi) is 5.85. The highest BCUT2D eigenvalue weighted by atomic mass is 32.1. The minimum atomic E-state index is 0.394. The third-order valence-corrected chi connectivity index (χ3v) is 4.26. The Bertz CT molecular complexity index is 430. The SMILES string of the molecule is COC(=S)CCCc1nnnn1C1CCC(OC)CC1. The third-order valence-electron chi connectivity index (χ3n) is 3.89. The van der Waals surface area contributed by atoms with Gasteiger partial charge in [0.1, 0.15) is 0 Å². The number of hydrogen-bond acceptors (Lipinski definition) is 6. The smallest absolute Gasteiger partial charge is 0.159 e. The minimum absolute atomic E-state index is 0.394. The zero-order chi connectivity index (χ0) is 14.4. The van der Waals surface area contributed by atoms with Crippen LogP contribution in [0.15, 0.2) is 0 Å². The van der Waals surface area contributed by atoms with Gasteiger partial charge in [0.2, 0.25) is 0 Å². The van der Waals surface area contributed by atoms with Gasteiger partial charge in [0.05, 0.1) is 19.3 Å². The van der Waals surface area contributed by atoms with Crippen molar-refractivity contribution in [3.8, 4) is 0 Å². The van der Waals surface area contributed by atoms with E-state index in [1.54, 1.807) is 14.2 Å². The number of rotatable bonds is 6. The maximum absolute atomic E-state index is 5.40. The van der Waals surface area contributed by atoms with Crippen LogP contribution in [-0.4, -0.2) is 45.6 Å². The molecule has 0 amide bonds. The van der Waals surface area contributed by atoms with Crippen LogP contribution in [0, 0.1) is 0 Å². The summed E-state index contributed by atoms with van der Waals surface area (Å²) in [6, 6.07) is 0.403. The lowest BCUT2D eigenvalue weighted by Crippen LogP contribution is -2.24. The maximum Gasteiger partial charge on any atom is 0.159 e. The Hall–Kier alpha value is -1.08. The highest BCUT2D eigenvalue weighted by molar-refractivity contribution is 7.80. The van der Waals surface area contributed by atoms with Crippen molar-refractivity contribution in [2.24, 2.45) is 0 Å². The molecule has 0 unspecified atom stereocenters. The number of methoxy groups -OCH3 is 2. The molecule has 112 valence electrons. The van der Waals surface area contributed by atoms with E-state index in [2.05, 4.69) is 15.5 Å². The van der Waals surface area contributed by atoms with E-state index < -0.39 is 0 Å². The van der Waals surface area contributed by atoms with Gasteiger partial charge in [-0.3, -0.25) is 0 Å². The Labute approximate surface area is 124 Å². The molecular formula is C13H22N4O2S. The summed E-state index contributed by atoms with van der Waals surface area (Å²) >= 11 is 5.04. The van der Waals surface area contributed by atoms with E-state index in [0.717, 1.165) is 50.8 Å². The topological polar surface area (TPSA) is 62.1 Å². The van der Waals surface area contributed by atoms with Crippen molar-refractivity contribution in [3.05, 3.63) is 5.82 Å². The van der Waals surface area contributed by atoms with Crippen molar-refractivity contribution in [1.29, 1.82) is 0 Å². The number of tetrazole rings is 1. The van der Waals surface area contributed by atoms with Crippen LogP contribution in [0.1, 0.15) is 50.4 Å². The van der Waals surface area contributed by atoms with Crippen LogP contribution in [0.5, 0.6) is 0 Å². The standard InChI is InChI=1S/C13H22N4O2S/c1-18-11-8-6-10(7-9-11)17-12(14-15-16-17)4-3-5-13(20)19-2/h10-11H,3-9H2,1-2H3. The second kappa shape index (κ2) is 7.64. The monoisotopic (exact) mass is 298 g/mol.